The van der Waals surface area contributed by atoms with Crippen molar-refractivity contribution in [2.45, 2.75) is 50.7 Å². The number of phenols is 1. The average molecular weight is 638 g/mol. The van der Waals surface area contributed by atoms with Crippen LogP contribution in [-0.4, -0.2) is 48.2 Å². The van der Waals surface area contributed by atoms with E-state index in [2.05, 4.69) is 46.0 Å². The summed E-state index contributed by atoms with van der Waals surface area (Å²) in [5.74, 6) is 0.673. The molecule has 0 bridgehead atoms. The van der Waals surface area contributed by atoms with Crippen LogP contribution in [0, 0.1) is 5.92 Å². The number of ether oxygens (including phenoxy) is 2. The number of nitrogens with one attached hydrogen (secondary N) is 1. The Balaban J connectivity index is 1.23. The Kier molecular flexibility index (Phi) is 9.74. The van der Waals surface area contributed by atoms with Crippen LogP contribution < -0.4 is 5.32 Å². The minimum Gasteiger partial charge on any atom is -0.508 e. The van der Waals surface area contributed by atoms with Crippen LogP contribution in [0.4, 0.5) is 0 Å². The molecule has 1 aliphatic rings. The zero-order valence-electron chi connectivity index (χ0n) is 25.5. The van der Waals surface area contributed by atoms with Crippen LogP contribution in [0.15, 0.2) is 102 Å². The van der Waals surface area contributed by atoms with Gasteiger partial charge in [0.2, 0.25) is 11.1 Å². The van der Waals surface area contributed by atoms with Crippen molar-refractivity contribution in [2.24, 2.45) is 5.92 Å². The van der Waals surface area contributed by atoms with Gasteiger partial charge in [0.05, 0.1) is 24.5 Å². The van der Waals surface area contributed by atoms with Crippen molar-refractivity contribution in [1.82, 2.24) is 25.5 Å². The first kappa shape index (κ1) is 31.4. The number of benzene rings is 4. The fourth-order valence-corrected chi connectivity index (χ4v) is 6.47. The zero-order chi connectivity index (χ0) is 32.0. The van der Waals surface area contributed by atoms with E-state index in [9.17, 15) is 15.0 Å². The molecule has 1 fully saturated rings. The van der Waals surface area contributed by atoms with Crippen molar-refractivity contribution in [3.05, 3.63) is 119 Å². The van der Waals surface area contributed by atoms with E-state index in [4.69, 9.17) is 9.47 Å². The summed E-state index contributed by atoms with van der Waals surface area (Å²) in [6, 6.07) is 30.8. The van der Waals surface area contributed by atoms with Gasteiger partial charge in [0, 0.05) is 30.7 Å². The van der Waals surface area contributed by atoms with Crippen molar-refractivity contribution in [3.8, 4) is 22.6 Å². The minimum absolute atomic E-state index is 0.00708. The van der Waals surface area contributed by atoms with Crippen LogP contribution >= 0.6 is 11.8 Å². The van der Waals surface area contributed by atoms with E-state index in [-0.39, 0.29) is 36.4 Å². The molecule has 6 rings (SSSR count). The first-order valence-electron chi connectivity index (χ1n) is 15.0. The van der Waals surface area contributed by atoms with E-state index < -0.39 is 6.29 Å². The van der Waals surface area contributed by atoms with Crippen molar-refractivity contribution >= 4 is 17.7 Å². The number of tetrazole rings is 1. The number of thioether (sulfide) groups is 1. The molecule has 4 aromatic carbocycles. The van der Waals surface area contributed by atoms with Gasteiger partial charge in [0.15, 0.2) is 6.29 Å². The van der Waals surface area contributed by atoms with E-state index in [1.807, 2.05) is 54.6 Å². The molecule has 0 aliphatic carbocycles. The lowest BCUT2D eigenvalue weighted by atomic mass is 9.91. The molecule has 46 heavy (non-hydrogen) atoms. The summed E-state index contributed by atoms with van der Waals surface area (Å²) in [5.41, 5.74) is 6.60. The van der Waals surface area contributed by atoms with Gasteiger partial charge < -0.3 is 25.0 Å². The van der Waals surface area contributed by atoms with Crippen molar-refractivity contribution in [3.63, 3.8) is 0 Å². The van der Waals surface area contributed by atoms with Gasteiger partial charge in [-0.3, -0.25) is 4.79 Å². The maximum Gasteiger partial charge on any atom is 0.217 e. The highest BCUT2D eigenvalue weighted by molar-refractivity contribution is 7.99. The van der Waals surface area contributed by atoms with E-state index in [1.54, 1.807) is 28.9 Å². The largest absolute Gasteiger partial charge is 0.508 e. The lowest BCUT2D eigenvalue weighted by Crippen LogP contribution is -2.38. The standard InChI is InChI=1S/C35H35N5O5S/c1-22-32(21-46-35-37-38-39-40(35)30-14-16-31(43)17-15-30)44-34(45-33(22)27-8-6-24(20-41)7-9-27)28-12-10-26(11-13-28)29-5-3-4-25(18-29)19-36-23(2)42/h3-18,22,32-34,41,43H,19-21H2,1-2H3,(H,36,42). The van der Waals surface area contributed by atoms with Crippen molar-refractivity contribution in [1.29, 1.82) is 0 Å². The Labute approximate surface area is 271 Å². The maximum absolute atomic E-state index is 11.4. The number of aromatic nitrogens is 4. The molecule has 1 amide bonds. The molecule has 4 unspecified atom stereocenters. The summed E-state index contributed by atoms with van der Waals surface area (Å²) in [4.78, 5) is 11.4. The third-order valence-electron chi connectivity index (χ3n) is 8.02. The van der Waals surface area contributed by atoms with E-state index in [1.165, 1.54) is 18.7 Å². The Morgan fingerprint density at radius 1 is 0.913 bits per heavy atom. The summed E-state index contributed by atoms with van der Waals surface area (Å²) < 4.78 is 14.9. The van der Waals surface area contributed by atoms with Crippen molar-refractivity contribution in [2.75, 3.05) is 5.75 Å². The smallest absolute Gasteiger partial charge is 0.217 e. The molecule has 0 saturated carbocycles. The van der Waals surface area contributed by atoms with Gasteiger partial charge in [-0.25, -0.2) is 0 Å². The molecule has 10 nitrogen and oxygen atoms in total. The molecule has 0 spiro atoms. The number of aromatic hydroxyl groups is 1. The second kappa shape index (κ2) is 14.3. The summed E-state index contributed by atoms with van der Waals surface area (Å²) >= 11 is 1.49. The second-order valence-corrected chi connectivity index (χ2v) is 12.2. The highest BCUT2D eigenvalue weighted by Crippen LogP contribution is 2.43. The number of phenolic OH excluding ortho intramolecular Hbond substituents is 1. The van der Waals surface area contributed by atoms with Crippen LogP contribution in [0.1, 0.15) is 48.5 Å². The number of aliphatic hydroxyl groups excluding tert-OH is 1. The molecule has 1 saturated heterocycles. The Bertz CT molecular complexity index is 1760. The highest BCUT2D eigenvalue weighted by Gasteiger charge is 2.38. The summed E-state index contributed by atoms with van der Waals surface area (Å²) in [5, 5.41) is 35.0. The molecular weight excluding hydrogens is 602 g/mol. The number of amides is 1. The van der Waals surface area contributed by atoms with Gasteiger partial charge in [0.25, 0.3) is 0 Å². The van der Waals surface area contributed by atoms with E-state index >= 15 is 0 Å². The fourth-order valence-electron chi connectivity index (χ4n) is 5.41. The molecule has 236 valence electrons. The van der Waals surface area contributed by atoms with Crippen LogP contribution in [0.2, 0.25) is 0 Å². The lowest BCUT2D eigenvalue weighted by molar-refractivity contribution is -0.268. The van der Waals surface area contributed by atoms with Gasteiger partial charge >= 0.3 is 0 Å². The van der Waals surface area contributed by atoms with E-state index in [0.717, 1.165) is 39.1 Å². The second-order valence-electron chi connectivity index (χ2n) is 11.3. The van der Waals surface area contributed by atoms with Gasteiger partial charge in [0.1, 0.15) is 5.75 Å². The minimum atomic E-state index is -0.613. The van der Waals surface area contributed by atoms with Crippen molar-refractivity contribution < 1.29 is 24.5 Å². The number of rotatable bonds is 10. The molecule has 3 N–H and O–H groups in total. The number of carbonyl (C=O) groups excluding carboxylic acids is 1. The number of aliphatic hydroxyl groups is 1. The number of hydrogen-bond acceptors (Lipinski definition) is 9. The number of nitrogens with zero attached hydrogens (tertiary/aromatic N) is 4. The molecule has 1 aromatic heterocycles. The molecule has 2 heterocycles. The summed E-state index contributed by atoms with van der Waals surface area (Å²) in [6.45, 7) is 4.08. The number of hydrogen-bond donors (Lipinski definition) is 3. The van der Waals surface area contributed by atoms with Crippen LogP contribution in [0.25, 0.3) is 16.8 Å². The van der Waals surface area contributed by atoms with Crippen LogP contribution in [0.5, 0.6) is 5.75 Å². The number of carbonyl (C=O) groups is 1. The zero-order valence-corrected chi connectivity index (χ0v) is 26.3. The van der Waals surface area contributed by atoms with Crippen LogP contribution in [0.3, 0.4) is 0 Å². The molecular formula is C35H35N5O5S. The van der Waals surface area contributed by atoms with Gasteiger partial charge in [-0.15, -0.1) is 5.10 Å². The van der Waals surface area contributed by atoms with Crippen LogP contribution in [-0.2, 0) is 27.4 Å². The van der Waals surface area contributed by atoms with Gasteiger partial charge in [-0.1, -0.05) is 85.4 Å². The molecule has 4 atom stereocenters. The Morgan fingerprint density at radius 3 is 2.37 bits per heavy atom. The summed E-state index contributed by atoms with van der Waals surface area (Å²) in [6.07, 6.45) is -1.07. The third-order valence-corrected chi connectivity index (χ3v) is 9.03. The Hall–Kier alpha value is -4.55. The monoisotopic (exact) mass is 637 g/mol. The highest BCUT2D eigenvalue weighted by atomic mass is 32.2. The predicted molar refractivity (Wildman–Crippen MR) is 174 cm³/mol. The Morgan fingerprint density at radius 2 is 1.65 bits per heavy atom. The van der Waals surface area contributed by atoms with Gasteiger partial charge in [-0.2, -0.15) is 4.68 Å². The quantitative estimate of drug-likeness (QED) is 0.164. The summed E-state index contributed by atoms with van der Waals surface area (Å²) in [7, 11) is 0. The van der Waals surface area contributed by atoms with E-state index in [0.29, 0.717) is 17.5 Å². The predicted octanol–water partition coefficient (Wildman–Crippen LogP) is 5.75. The molecule has 5 aromatic rings. The molecule has 11 heteroatoms. The lowest BCUT2D eigenvalue weighted by Gasteiger charge is -2.41. The SMILES string of the molecule is CC(=O)NCc1cccc(-c2ccc(C3OC(CSc4nnnn4-c4ccc(O)cc4)C(C)C(c4ccc(CO)cc4)O3)cc2)c1. The third kappa shape index (κ3) is 7.29. The fraction of sp³-hybridized carbons (Fsp3) is 0.257. The van der Waals surface area contributed by atoms with Gasteiger partial charge in [-0.05, 0) is 68.6 Å². The molecule has 0 radical (unpaired) electrons. The average Bonchev–Trinajstić information content (AvgIpc) is 3.56. The normalized spacial score (nSPS) is 19.5. The maximum atomic E-state index is 11.4. The topological polar surface area (TPSA) is 132 Å². The first-order valence-corrected chi connectivity index (χ1v) is 16.0. The first-order chi connectivity index (χ1) is 22.4. The molecule has 1 aliphatic heterocycles.